The number of ether oxygens (including phenoxy) is 6. The van der Waals surface area contributed by atoms with Crippen molar-refractivity contribution in [2.75, 3.05) is 47.8 Å². The Morgan fingerprint density at radius 3 is 1.95 bits per heavy atom. The molecule has 10 heteroatoms. The number of carbonyl (C=O) groups excluding carboxylic acids is 1. The summed E-state index contributed by atoms with van der Waals surface area (Å²) in [5.74, 6) is 0.154. The SMILES string of the molecule is COCCC(C)(C)OCCC(C)(C)OCCOCc1cc(OC)c(-c2ccc(CC(NC=O)C(=O)O)cc2)c(OC)c1. The van der Waals surface area contributed by atoms with Gasteiger partial charge in [0.2, 0.25) is 6.41 Å². The van der Waals surface area contributed by atoms with E-state index in [9.17, 15) is 14.7 Å². The van der Waals surface area contributed by atoms with Crippen LogP contribution >= 0.6 is 0 Å². The molecular weight excluding hydrogens is 542 g/mol. The largest absolute Gasteiger partial charge is 0.496 e. The summed E-state index contributed by atoms with van der Waals surface area (Å²) in [5.41, 5.74) is 2.69. The number of carboxylic acid groups (broad SMARTS) is 1. The average molecular weight is 590 g/mol. The molecule has 0 aliphatic carbocycles. The van der Waals surface area contributed by atoms with Gasteiger partial charge in [0.05, 0.1) is 57.4 Å². The molecule has 2 rings (SSSR count). The second-order valence-electron chi connectivity index (χ2n) is 11.2. The summed E-state index contributed by atoms with van der Waals surface area (Å²) >= 11 is 0. The smallest absolute Gasteiger partial charge is 0.326 e. The van der Waals surface area contributed by atoms with Crippen LogP contribution in [0.15, 0.2) is 36.4 Å². The maximum absolute atomic E-state index is 11.4. The molecule has 0 aliphatic heterocycles. The molecule has 0 aromatic heterocycles. The van der Waals surface area contributed by atoms with Gasteiger partial charge in [-0.3, -0.25) is 4.79 Å². The van der Waals surface area contributed by atoms with Crippen LogP contribution in [0.1, 0.15) is 51.7 Å². The number of nitrogens with one attached hydrogen (secondary N) is 1. The Morgan fingerprint density at radius 1 is 0.857 bits per heavy atom. The van der Waals surface area contributed by atoms with Crippen molar-refractivity contribution in [3.05, 3.63) is 47.5 Å². The van der Waals surface area contributed by atoms with E-state index in [0.717, 1.165) is 35.1 Å². The molecule has 0 radical (unpaired) electrons. The second-order valence-corrected chi connectivity index (χ2v) is 11.2. The molecular formula is C32H47NO9. The van der Waals surface area contributed by atoms with Crippen molar-refractivity contribution in [3.63, 3.8) is 0 Å². The van der Waals surface area contributed by atoms with Crippen LogP contribution in [-0.2, 0) is 41.6 Å². The van der Waals surface area contributed by atoms with Crippen molar-refractivity contribution in [1.29, 1.82) is 0 Å². The highest BCUT2D eigenvalue weighted by Crippen LogP contribution is 2.40. The van der Waals surface area contributed by atoms with E-state index in [4.69, 9.17) is 28.4 Å². The van der Waals surface area contributed by atoms with E-state index in [0.29, 0.717) is 50.9 Å². The fourth-order valence-corrected chi connectivity index (χ4v) is 4.31. The molecule has 42 heavy (non-hydrogen) atoms. The van der Waals surface area contributed by atoms with Crippen LogP contribution in [0.25, 0.3) is 11.1 Å². The molecule has 1 atom stereocenters. The summed E-state index contributed by atoms with van der Waals surface area (Å²) in [6.45, 7) is 10.7. The number of amides is 1. The molecule has 0 saturated heterocycles. The van der Waals surface area contributed by atoms with Crippen LogP contribution in [0.4, 0.5) is 0 Å². The molecule has 2 aromatic rings. The summed E-state index contributed by atoms with van der Waals surface area (Å²) in [7, 11) is 4.88. The van der Waals surface area contributed by atoms with Crippen molar-refractivity contribution in [2.45, 2.75) is 70.8 Å². The average Bonchev–Trinajstić information content (AvgIpc) is 2.95. The lowest BCUT2D eigenvalue weighted by atomic mass is 9.98. The minimum absolute atomic E-state index is 0.167. The molecule has 10 nitrogen and oxygen atoms in total. The zero-order valence-corrected chi connectivity index (χ0v) is 26.0. The van der Waals surface area contributed by atoms with E-state index in [-0.39, 0.29) is 17.6 Å². The third kappa shape index (κ3) is 11.6. The molecule has 0 saturated carbocycles. The zero-order valence-electron chi connectivity index (χ0n) is 26.0. The molecule has 0 fully saturated rings. The standard InChI is InChI=1S/C32H47NO9/c1-31(2,12-14-37-5)41-15-13-32(3,4)42-17-16-40-21-24-19-27(38-6)29(28(20-24)39-7)25-10-8-23(9-11-25)18-26(30(35)36)33-22-34/h8-11,19-20,22,26H,12-18,21H2,1-7H3,(H,33,34)(H,35,36). The Hall–Kier alpha value is -3.18. The van der Waals surface area contributed by atoms with Crippen LogP contribution in [0, 0.1) is 0 Å². The minimum atomic E-state index is -1.09. The first-order valence-electron chi connectivity index (χ1n) is 14.1. The summed E-state index contributed by atoms with van der Waals surface area (Å²) in [6.07, 6.45) is 2.15. The van der Waals surface area contributed by atoms with Gasteiger partial charge in [0, 0.05) is 20.1 Å². The number of rotatable bonds is 21. The van der Waals surface area contributed by atoms with E-state index >= 15 is 0 Å². The number of hydrogen-bond acceptors (Lipinski definition) is 8. The van der Waals surface area contributed by atoms with Crippen molar-refractivity contribution >= 4 is 12.4 Å². The monoisotopic (exact) mass is 589 g/mol. The van der Waals surface area contributed by atoms with Gasteiger partial charge in [0.1, 0.15) is 17.5 Å². The summed E-state index contributed by atoms with van der Waals surface area (Å²) in [4.78, 5) is 22.1. The number of methoxy groups -OCH3 is 3. The third-order valence-electron chi connectivity index (χ3n) is 6.91. The first kappa shape index (κ1) is 35.0. The Morgan fingerprint density at radius 2 is 1.43 bits per heavy atom. The van der Waals surface area contributed by atoms with Gasteiger partial charge < -0.3 is 38.8 Å². The topological polar surface area (TPSA) is 122 Å². The second kappa shape index (κ2) is 17.1. The number of benzene rings is 2. The van der Waals surface area contributed by atoms with Gasteiger partial charge in [-0.1, -0.05) is 24.3 Å². The van der Waals surface area contributed by atoms with Gasteiger partial charge in [-0.05, 0) is 69.4 Å². The van der Waals surface area contributed by atoms with Crippen LogP contribution in [0.2, 0.25) is 0 Å². The van der Waals surface area contributed by atoms with Crippen LogP contribution in [0.3, 0.4) is 0 Å². The molecule has 234 valence electrons. The van der Waals surface area contributed by atoms with Crippen molar-refractivity contribution in [1.82, 2.24) is 5.32 Å². The van der Waals surface area contributed by atoms with Crippen molar-refractivity contribution < 1.29 is 43.1 Å². The van der Waals surface area contributed by atoms with Crippen LogP contribution in [-0.4, -0.2) is 82.5 Å². The maximum Gasteiger partial charge on any atom is 0.326 e. The van der Waals surface area contributed by atoms with Crippen LogP contribution in [0.5, 0.6) is 11.5 Å². The lowest BCUT2D eigenvalue weighted by Crippen LogP contribution is -2.37. The Balaban J connectivity index is 1.94. The normalized spacial score (nSPS) is 12.5. The molecule has 2 N–H and O–H groups in total. The minimum Gasteiger partial charge on any atom is -0.496 e. The predicted molar refractivity (Wildman–Crippen MR) is 160 cm³/mol. The molecule has 0 aliphatic rings. The van der Waals surface area contributed by atoms with Crippen molar-refractivity contribution in [2.24, 2.45) is 0 Å². The van der Waals surface area contributed by atoms with E-state index in [1.165, 1.54) is 0 Å². The maximum atomic E-state index is 11.4. The Labute approximate surface area is 249 Å². The van der Waals surface area contributed by atoms with Crippen LogP contribution < -0.4 is 14.8 Å². The summed E-state index contributed by atoms with van der Waals surface area (Å²) < 4.78 is 34.5. The fourth-order valence-electron chi connectivity index (χ4n) is 4.31. The van der Waals surface area contributed by atoms with Gasteiger partial charge in [-0.15, -0.1) is 0 Å². The van der Waals surface area contributed by atoms with E-state index in [1.54, 1.807) is 21.3 Å². The Kier molecular flexibility index (Phi) is 14.2. The molecule has 0 bridgehead atoms. The van der Waals surface area contributed by atoms with Gasteiger partial charge in [-0.25, -0.2) is 4.79 Å². The number of carbonyl (C=O) groups is 2. The predicted octanol–water partition coefficient (Wildman–Crippen LogP) is 4.65. The molecule has 0 heterocycles. The summed E-state index contributed by atoms with van der Waals surface area (Å²) in [6, 6.07) is 10.2. The quantitative estimate of drug-likeness (QED) is 0.158. The highest BCUT2D eigenvalue weighted by atomic mass is 16.5. The molecule has 0 spiro atoms. The van der Waals surface area contributed by atoms with Crippen molar-refractivity contribution in [3.8, 4) is 22.6 Å². The van der Waals surface area contributed by atoms with E-state index < -0.39 is 12.0 Å². The molecule has 1 unspecified atom stereocenters. The van der Waals surface area contributed by atoms with Gasteiger partial charge in [0.15, 0.2) is 0 Å². The first-order chi connectivity index (χ1) is 19.9. The lowest BCUT2D eigenvalue weighted by molar-refractivity contribution is -0.140. The summed E-state index contributed by atoms with van der Waals surface area (Å²) in [5, 5.41) is 11.6. The number of carboxylic acids is 1. The zero-order chi connectivity index (χ0) is 31.2. The third-order valence-corrected chi connectivity index (χ3v) is 6.91. The number of aliphatic carboxylic acids is 1. The van der Waals surface area contributed by atoms with E-state index in [2.05, 4.69) is 19.2 Å². The lowest BCUT2D eigenvalue weighted by Gasteiger charge is -2.29. The van der Waals surface area contributed by atoms with E-state index in [1.807, 2.05) is 50.2 Å². The Bertz CT molecular complexity index is 1090. The highest BCUT2D eigenvalue weighted by molar-refractivity contribution is 5.78. The molecule has 2 aromatic carbocycles. The first-order valence-corrected chi connectivity index (χ1v) is 14.1. The highest BCUT2D eigenvalue weighted by Gasteiger charge is 2.23. The van der Waals surface area contributed by atoms with Gasteiger partial charge in [0.25, 0.3) is 0 Å². The van der Waals surface area contributed by atoms with Gasteiger partial charge >= 0.3 is 5.97 Å². The fraction of sp³-hybridized carbons (Fsp3) is 0.562. The number of hydrogen-bond donors (Lipinski definition) is 2. The molecule has 1 amide bonds. The van der Waals surface area contributed by atoms with Gasteiger partial charge in [-0.2, -0.15) is 0 Å².